The second-order valence-electron chi connectivity index (χ2n) is 4.47. The van der Waals surface area contributed by atoms with E-state index in [2.05, 4.69) is 4.98 Å². The molecule has 0 aliphatic rings. The van der Waals surface area contributed by atoms with Crippen LogP contribution in [0.1, 0.15) is 0 Å². The first kappa shape index (κ1) is 14.6. The third-order valence-corrected chi connectivity index (χ3v) is 4.24. The van der Waals surface area contributed by atoms with Crippen molar-refractivity contribution in [3.05, 3.63) is 68.8 Å². The molecular weight excluding hydrogens is 327 g/mol. The van der Waals surface area contributed by atoms with Crippen LogP contribution in [-0.4, -0.2) is 9.91 Å². The molecule has 0 spiro atoms. The lowest BCUT2D eigenvalue weighted by Gasteiger charge is -1.99. The maximum atomic E-state index is 12.9. The summed E-state index contributed by atoms with van der Waals surface area (Å²) in [5.41, 5.74) is 1.86. The quantitative estimate of drug-likeness (QED) is 0.490. The molecule has 4 nitrogen and oxygen atoms in total. The average Bonchev–Trinajstić information content (AvgIpc) is 2.98. The Balaban J connectivity index is 1.99. The fourth-order valence-corrected chi connectivity index (χ4v) is 2.97. The Kier molecular flexibility index (Phi) is 3.87. The van der Waals surface area contributed by atoms with Crippen LogP contribution in [0.3, 0.4) is 0 Å². The summed E-state index contributed by atoms with van der Waals surface area (Å²) in [7, 11) is 0. The number of halogens is 2. The molecule has 0 amide bonds. The van der Waals surface area contributed by atoms with Gasteiger partial charge < -0.3 is 0 Å². The Morgan fingerprint density at radius 3 is 2.50 bits per heavy atom. The van der Waals surface area contributed by atoms with Gasteiger partial charge in [-0.15, -0.1) is 11.3 Å². The van der Waals surface area contributed by atoms with Crippen molar-refractivity contribution in [3.8, 4) is 21.8 Å². The van der Waals surface area contributed by atoms with E-state index in [-0.39, 0.29) is 16.5 Å². The highest BCUT2D eigenvalue weighted by molar-refractivity contribution is 7.13. The molecule has 1 heterocycles. The molecule has 22 heavy (non-hydrogen) atoms. The summed E-state index contributed by atoms with van der Waals surface area (Å²) in [5.74, 6) is -0.311. The highest BCUT2D eigenvalue weighted by Crippen LogP contribution is 2.33. The van der Waals surface area contributed by atoms with Crippen molar-refractivity contribution in [2.45, 2.75) is 0 Å². The summed E-state index contributed by atoms with van der Waals surface area (Å²) in [6, 6.07) is 10.6. The van der Waals surface area contributed by atoms with Crippen molar-refractivity contribution >= 4 is 28.6 Å². The van der Waals surface area contributed by atoms with Gasteiger partial charge in [0.1, 0.15) is 15.8 Å². The maximum absolute atomic E-state index is 12.9. The summed E-state index contributed by atoms with van der Waals surface area (Å²) >= 11 is 7.18. The van der Waals surface area contributed by atoms with E-state index in [1.165, 1.54) is 35.6 Å². The van der Waals surface area contributed by atoms with Crippen molar-refractivity contribution in [1.82, 2.24) is 4.98 Å². The molecule has 0 saturated heterocycles. The van der Waals surface area contributed by atoms with Crippen LogP contribution in [0.25, 0.3) is 21.8 Å². The van der Waals surface area contributed by atoms with E-state index >= 15 is 0 Å². The molecule has 0 fully saturated rings. The Morgan fingerprint density at radius 1 is 1.14 bits per heavy atom. The minimum absolute atomic E-state index is 0.0859. The number of nitro benzene ring substituents is 1. The molecule has 2 aromatic carbocycles. The Bertz CT molecular complexity index is 849. The molecule has 1 aromatic heterocycles. The molecule has 7 heteroatoms. The number of hydrogen-bond donors (Lipinski definition) is 0. The molecule has 0 aliphatic heterocycles. The minimum Gasteiger partial charge on any atom is -0.258 e. The molecule has 3 aromatic rings. The van der Waals surface area contributed by atoms with Gasteiger partial charge in [-0.1, -0.05) is 17.7 Å². The first-order valence-electron chi connectivity index (χ1n) is 6.20. The summed E-state index contributed by atoms with van der Waals surface area (Å²) in [4.78, 5) is 14.8. The third-order valence-electron chi connectivity index (χ3n) is 3.03. The first-order valence-corrected chi connectivity index (χ1v) is 7.46. The smallest absolute Gasteiger partial charge is 0.258 e. The van der Waals surface area contributed by atoms with Crippen LogP contribution in [0.5, 0.6) is 0 Å². The first-order chi connectivity index (χ1) is 10.5. The van der Waals surface area contributed by atoms with E-state index < -0.39 is 4.92 Å². The van der Waals surface area contributed by atoms with E-state index in [0.717, 1.165) is 5.56 Å². The molecule has 110 valence electrons. The number of hydrogen-bond acceptors (Lipinski definition) is 4. The largest absolute Gasteiger partial charge is 0.288 e. The lowest BCUT2D eigenvalue weighted by atomic mass is 10.1. The van der Waals surface area contributed by atoms with Crippen LogP contribution in [-0.2, 0) is 0 Å². The van der Waals surface area contributed by atoms with Gasteiger partial charge in [0.2, 0.25) is 0 Å². The van der Waals surface area contributed by atoms with Gasteiger partial charge in [-0.3, -0.25) is 10.1 Å². The monoisotopic (exact) mass is 334 g/mol. The highest BCUT2D eigenvalue weighted by atomic mass is 35.5. The number of aromatic nitrogens is 1. The van der Waals surface area contributed by atoms with Crippen molar-refractivity contribution in [3.63, 3.8) is 0 Å². The topological polar surface area (TPSA) is 56.0 Å². The summed E-state index contributed by atoms with van der Waals surface area (Å²) in [6.07, 6.45) is 0. The van der Waals surface area contributed by atoms with Gasteiger partial charge in [0, 0.05) is 22.6 Å². The van der Waals surface area contributed by atoms with E-state index in [1.54, 1.807) is 23.6 Å². The number of nitrogens with zero attached hydrogens (tertiary/aromatic N) is 2. The van der Waals surface area contributed by atoms with E-state index in [9.17, 15) is 14.5 Å². The van der Waals surface area contributed by atoms with Gasteiger partial charge in [-0.25, -0.2) is 9.37 Å². The summed E-state index contributed by atoms with van der Waals surface area (Å²) in [6.45, 7) is 0. The van der Waals surface area contributed by atoms with Crippen LogP contribution in [0, 0.1) is 15.9 Å². The predicted octanol–water partition coefficient (Wildman–Crippen LogP) is 5.18. The molecule has 0 unspecified atom stereocenters. The number of rotatable bonds is 3. The van der Waals surface area contributed by atoms with Crippen LogP contribution >= 0.6 is 22.9 Å². The lowest BCUT2D eigenvalue weighted by molar-refractivity contribution is -0.384. The molecule has 3 rings (SSSR count). The van der Waals surface area contributed by atoms with Gasteiger partial charge in [-0.2, -0.15) is 0 Å². The maximum Gasteiger partial charge on any atom is 0.288 e. The fraction of sp³-hybridized carbons (Fsp3) is 0. The van der Waals surface area contributed by atoms with Gasteiger partial charge in [-0.05, 0) is 30.3 Å². The van der Waals surface area contributed by atoms with E-state index in [4.69, 9.17) is 11.6 Å². The normalized spacial score (nSPS) is 10.6. The van der Waals surface area contributed by atoms with Crippen molar-refractivity contribution in [2.75, 3.05) is 0 Å². The van der Waals surface area contributed by atoms with Crippen molar-refractivity contribution in [1.29, 1.82) is 0 Å². The van der Waals surface area contributed by atoms with Crippen LogP contribution in [0.2, 0.25) is 5.02 Å². The summed E-state index contributed by atoms with van der Waals surface area (Å²) in [5, 5.41) is 13.5. The molecular formula is C15H8ClFN2O2S. The fourth-order valence-electron chi connectivity index (χ4n) is 1.94. The zero-order chi connectivity index (χ0) is 15.7. The predicted molar refractivity (Wildman–Crippen MR) is 84.6 cm³/mol. The molecule has 0 saturated carbocycles. The van der Waals surface area contributed by atoms with Gasteiger partial charge in [0.15, 0.2) is 0 Å². The highest BCUT2D eigenvalue weighted by Gasteiger charge is 2.15. The van der Waals surface area contributed by atoms with Crippen LogP contribution in [0.4, 0.5) is 10.1 Å². The Hall–Kier alpha value is -2.31. The number of nitro groups is 1. The van der Waals surface area contributed by atoms with Gasteiger partial charge in [0.25, 0.3) is 5.69 Å². The number of benzene rings is 2. The molecule has 0 atom stereocenters. The Morgan fingerprint density at radius 2 is 1.82 bits per heavy atom. The van der Waals surface area contributed by atoms with E-state index in [1.807, 2.05) is 0 Å². The second-order valence-corrected chi connectivity index (χ2v) is 5.73. The lowest BCUT2D eigenvalue weighted by Crippen LogP contribution is -1.90. The molecule has 0 radical (unpaired) electrons. The zero-order valence-electron chi connectivity index (χ0n) is 11.0. The average molecular weight is 335 g/mol. The molecule has 0 N–H and O–H groups in total. The minimum atomic E-state index is -0.529. The van der Waals surface area contributed by atoms with Crippen molar-refractivity contribution < 1.29 is 9.31 Å². The van der Waals surface area contributed by atoms with Crippen LogP contribution < -0.4 is 0 Å². The van der Waals surface area contributed by atoms with Crippen molar-refractivity contribution in [2.24, 2.45) is 0 Å². The number of thiazole rings is 1. The third kappa shape index (κ3) is 2.84. The zero-order valence-corrected chi connectivity index (χ0v) is 12.6. The second kappa shape index (κ2) is 5.82. The SMILES string of the molecule is O=[N+]([O-])c1cc(-c2csc(-c3ccc(F)cc3)n2)ccc1Cl. The summed E-state index contributed by atoms with van der Waals surface area (Å²) < 4.78 is 12.9. The standard InChI is InChI=1S/C15H8ClFN2O2S/c16-12-6-3-10(7-14(12)19(20)21)13-8-22-15(18-13)9-1-4-11(17)5-2-9/h1-8H. The molecule has 0 aliphatic carbocycles. The Labute approximate surface area is 134 Å². The van der Waals surface area contributed by atoms with Gasteiger partial charge >= 0.3 is 0 Å². The molecule has 0 bridgehead atoms. The van der Waals surface area contributed by atoms with E-state index in [0.29, 0.717) is 16.3 Å². The van der Waals surface area contributed by atoms with Crippen LogP contribution in [0.15, 0.2) is 47.8 Å². The van der Waals surface area contributed by atoms with Gasteiger partial charge in [0.05, 0.1) is 10.6 Å².